The minimum Gasteiger partial charge on any atom is -0.255 e. The summed E-state index contributed by atoms with van der Waals surface area (Å²) in [6, 6.07) is 42.9. The fraction of sp³-hybridized carbons (Fsp3) is 0. The molecule has 0 spiro atoms. The van der Waals surface area contributed by atoms with Crippen LogP contribution in [0.15, 0.2) is 128 Å². The minimum atomic E-state index is 0.902. The molecule has 0 aliphatic heterocycles. The van der Waals surface area contributed by atoms with E-state index in [-0.39, 0.29) is 0 Å². The number of fused-ring (bicyclic) bond motifs is 5. The summed E-state index contributed by atoms with van der Waals surface area (Å²) in [4.78, 5) is 5.87. The molecule has 0 radical (unpaired) electrons. The predicted octanol–water partition coefficient (Wildman–Crippen LogP) is 9.25. The Hall–Kier alpha value is -4.80. The summed E-state index contributed by atoms with van der Waals surface area (Å²) in [6.07, 6.45) is 1.84. The highest BCUT2D eigenvalue weighted by Gasteiger charge is 2.23. The molecule has 0 saturated carbocycles. The lowest BCUT2D eigenvalue weighted by atomic mass is 9.97. The second kappa shape index (κ2) is 8.37. The van der Waals surface area contributed by atoms with Crippen molar-refractivity contribution >= 4 is 48.5 Å². The molecule has 0 N–H and O–H groups in total. The Morgan fingerprint density at radius 3 is 2.21 bits per heavy atom. The summed E-state index contributed by atoms with van der Waals surface area (Å²) in [5.74, 6) is 0. The molecule has 8 aromatic rings. The summed E-state index contributed by atoms with van der Waals surface area (Å²) in [6.45, 7) is 0. The van der Waals surface area contributed by atoms with Crippen molar-refractivity contribution in [2.24, 2.45) is 0 Å². The third kappa shape index (κ3) is 3.28. The van der Waals surface area contributed by atoms with Crippen molar-refractivity contribution in [3.05, 3.63) is 128 Å². The Bertz CT molecular complexity index is 2100. The highest BCUT2D eigenvalue weighted by atomic mass is 32.1. The van der Waals surface area contributed by atoms with Crippen molar-refractivity contribution in [3.8, 4) is 33.1 Å². The van der Waals surface area contributed by atoms with Gasteiger partial charge in [-0.05, 0) is 63.5 Å². The van der Waals surface area contributed by atoms with E-state index in [0.29, 0.717) is 0 Å². The van der Waals surface area contributed by atoms with Crippen LogP contribution in [0.4, 0.5) is 0 Å². The second-order valence-electron chi connectivity index (χ2n) is 9.53. The minimum absolute atomic E-state index is 0.902. The van der Waals surface area contributed by atoms with Gasteiger partial charge in [-0.1, -0.05) is 84.9 Å². The largest absolute Gasteiger partial charge is 0.255 e. The van der Waals surface area contributed by atoms with Gasteiger partial charge in [0, 0.05) is 21.8 Å². The van der Waals surface area contributed by atoms with Crippen LogP contribution in [0.1, 0.15) is 0 Å². The zero-order valence-corrected chi connectivity index (χ0v) is 21.2. The highest BCUT2D eigenvalue weighted by Crippen LogP contribution is 2.44. The lowest BCUT2D eigenvalue weighted by Crippen LogP contribution is -1.97. The monoisotopic (exact) mass is 503 g/mol. The summed E-state index contributed by atoms with van der Waals surface area (Å²) in [7, 11) is 0. The van der Waals surface area contributed by atoms with Crippen molar-refractivity contribution < 1.29 is 0 Å². The number of rotatable bonds is 3. The number of thiophene rings is 1. The molecule has 0 aliphatic rings. The van der Waals surface area contributed by atoms with Crippen LogP contribution in [-0.4, -0.2) is 14.6 Å². The molecule has 0 saturated heterocycles. The number of nitrogens with zero attached hydrogens (tertiary/aromatic N) is 3. The molecular weight excluding hydrogens is 482 g/mol. The van der Waals surface area contributed by atoms with Crippen LogP contribution >= 0.6 is 11.3 Å². The molecule has 0 unspecified atom stereocenters. The molecule has 0 amide bonds. The molecule has 0 fully saturated rings. The summed E-state index contributed by atoms with van der Waals surface area (Å²) in [5, 5.41) is 11.4. The van der Waals surface area contributed by atoms with Crippen LogP contribution < -0.4 is 0 Å². The van der Waals surface area contributed by atoms with E-state index >= 15 is 0 Å². The van der Waals surface area contributed by atoms with Crippen molar-refractivity contribution in [1.82, 2.24) is 14.6 Å². The highest BCUT2D eigenvalue weighted by molar-refractivity contribution is 7.22. The molecule has 8 rings (SSSR count). The van der Waals surface area contributed by atoms with E-state index in [9.17, 15) is 0 Å². The maximum absolute atomic E-state index is 5.35. The predicted molar refractivity (Wildman–Crippen MR) is 160 cm³/mol. The molecule has 0 atom stereocenters. The molecule has 4 aromatic carbocycles. The van der Waals surface area contributed by atoms with Crippen molar-refractivity contribution in [2.75, 3.05) is 0 Å². The Kier molecular flexibility index (Phi) is 4.69. The van der Waals surface area contributed by atoms with Gasteiger partial charge in [-0.25, -0.2) is 4.52 Å². The van der Waals surface area contributed by atoms with E-state index in [0.717, 1.165) is 38.6 Å². The fourth-order valence-corrected chi connectivity index (χ4v) is 6.53. The van der Waals surface area contributed by atoms with E-state index in [1.165, 1.54) is 31.6 Å². The first-order chi connectivity index (χ1) is 18.8. The van der Waals surface area contributed by atoms with Crippen molar-refractivity contribution in [3.63, 3.8) is 0 Å². The average molecular weight is 504 g/mol. The molecule has 3 nitrogen and oxygen atoms in total. The van der Waals surface area contributed by atoms with Gasteiger partial charge in [0.15, 0.2) is 0 Å². The molecule has 178 valence electrons. The maximum atomic E-state index is 5.35. The number of hydrogen-bond donors (Lipinski definition) is 0. The summed E-state index contributed by atoms with van der Waals surface area (Å²) < 4.78 is 3.37. The lowest BCUT2D eigenvalue weighted by Gasteiger charge is -2.10. The SMILES string of the molecule is c1ccc(-c2cc3ccccc3c3c(-c4ccc5ccccc5c4)c(-c4cc5ccccc5s4)nn23)nc1. The van der Waals surface area contributed by atoms with Gasteiger partial charge < -0.3 is 0 Å². The molecule has 4 aromatic heterocycles. The Labute approximate surface area is 223 Å². The number of benzene rings is 4. The molecule has 0 aliphatic carbocycles. The van der Waals surface area contributed by atoms with E-state index in [4.69, 9.17) is 10.1 Å². The zero-order chi connectivity index (χ0) is 25.1. The smallest absolute Gasteiger partial charge is 0.111 e. The van der Waals surface area contributed by atoms with E-state index in [2.05, 4.69) is 114 Å². The average Bonchev–Trinajstić information content (AvgIpc) is 3.59. The normalized spacial score (nSPS) is 11.7. The van der Waals surface area contributed by atoms with Gasteiger partial charge in [0.1, 0.15) is 5.69 Å². The standard InChI is InChI=1S/C34H21N3S/c1-2-10-23-19-26(17-16-22(23)9-1)32-33(31-21-25-12-4-6-15-30(25)38-31)36-37-29(28-14-7-8-18-35-28)20-24-11-3-5-13-27(24)34(32)37/h1-21H. The van der Waals surface area contributed by atoms with Crippen LogP contribution in [0, 0.1) is 0 Å². The van der Waals surface area contributed by atoms with Crippen LogP contribution in [0.25, 0.3) is 70.2 Å². The summed E-state index contributed by atoms with van der Waals surface area (Å²) >= 11 is 1.79. The summed E-state index contributed by atoms with van der Waals surface area (Å²) in [5.41, 5.74) is 6.29. The van der Waals surface area contributed by atoms with Gasteiger partial charge in [0.2, 0.25) is 0 Å². The van der Waals surface area contributed by atoms with Gasteiger partial charge in [-0.3, -0.25) is 4.98 Å². The molecular formula is C34H21N3S. The van der Waals surface area contributed by atoms with Crippen LogP contribution in [-0.2, 0) is 0 Å². The third-order valence-corrected chi connectivity index (χ3v) is 8.37. The first-order valence-electron chi connectivity index (χ1n) is 12.7. The zero-order valence-electron chi connectivity index (χ0n) is 20.4. The van der Waals surface area contributed by atoms with Gasteiger partial charge in [0.25, 0.3) is 0 Å². The van der Waals surface area contributed by atoms with Gasteiger partial charge in [-0.15, -0.1) is 11.3 Å². The Morgan fingerprint density at radius 2 is 1.37 bits per heavy atom. The topological polar surface area (TPSA) is 30.2 Å². The van der Waals surface area contributed by atoms with Crippen LogP contribution in [0.2, 0.25) is 0 Å². The number of hydrogen-bond acceptors (Lipinski definition) is 3. The van der Waals surface area contributed by atoms with Gasteiger partial charge in [0.05, 0.1) is 21.8 Å². The fourth-order valence-electron chi connectivity index (χ4n) is 5.47. The quantitative estimate of drug-likeness (QED) is 0.240. The second-order valence-corrected chi connectivity index (χ2v) is 10.6. The van der Waals surface area contributed by atoms with E-state index < -0.39 is 0 Å². The molecule has 38 heavy (non-hydrogen) atoms. The van der Waals surface area contributed by atoms with Crippen LogP contribution in [0.5, 0.6) is 0 Å². The Morgan fingerprint density at radius 1 is 0.605 bits per heavy atom. The molecule has 4 heteroatoms. The van der Waals surface area contributed by atoms with Gasteiger partial charge >= 0.3 is 0 Å². The van der Waals surface area contributed by atoms with Crippen molar-refractivity contribution in [2.45, 2.75) is 0 Å². The lowest BCUT2D eigenvalue weighted by molar-refractivity contribution is 0.974. The number of pyridine rings is 2. The third-order valence-electron chi connectivity index (χ3n) is 7.25. The Balaban J connectivity index is 1.55. The maximum Gasteiger partial charge on any atom is 0.111 e. The first-order valence-corrected chi connectivity index (χ1v) is 13.5. The van der Waals surface area contributed by atoms with Gasteiger partial charge in [-0.2, -0.15) is 5.10 Å². The van der Waals surface area contributed by atoms with Crippen LogP contribution in [0.3, 0.4) is 0 Å². The first kappa shape index (κ1) is 21.3. The van der Waals surface area contributed by atoms with E-state index in [1.807, 2.05) is 18.3 Å². The van der Waals surface area contributed by atoms with Crippen molar-refractivity contribution in [1.29, 1.82) is 0 Å². The molecule has 4 heterocycles. The van der Waals surface area contributed by atoms with E-state index in [1.54, 1.807) is 11.3 Å². The molecule has 0 bridgehead atoms. The number of aromatic nitrogens is 3.